The Hall–Kier alpha value is -1.72. The van der Waals surface area contributed by atoms with Crippen molar-refractivity contribution in [3.63, 3.8) is 0 Å². The van der Waals surface area contributed by atoms with E-state index in [4.69, 9.17) is 0 Å². The second kappa shape index (κ2) is 6.89. The molecule has 5 heteroatoms. The van der Waals surface area contributed by atoms with Gasteiger partial charge in [-0.3, -0.25) is 4.79 Å². The van der Waals surface area contributed by atoms with E-state index < -0.39 is 0 Å². The van der Waals surface area contributed by atoms with Crippen LogP contribution in [0.2, 0.25) is 0 Å². The summed E-state index contributed by atoms with van der Waals surface area (Å²) in [4.78, 5) is 24.3. The summed E-state index contributed by atoms with van der Waals surface area (Å²) in [5.74, 6) is 2.09. The topological polar surface area (TPSA) is 42.9 Å². The largest absolute Gasteiger partial charge is 0.293 e. The first-order chi connectivity index (χ1) is 12.1. The van der Waals surface area contributed by atoms with E-state index >= 15 is 0 Å². The molecule has 0 bridgehead atoms. The van der Waals surface area contributed by atoms with E-state index in [2.05, 4.69) is 16.9 Å². The van der Waals surface area contributed by atoms with Crippen LogP contribution in [-0.2, 0) is 12.8 Å². The summed E-state index contributed by atoms with van der Waals surface area (Å²) in [5.41, 5.74) is 2.19. The number of thioether (sulfide) groups is 1. The summed E-state index contributed by atoms with van der Waals surface area (Å²) < 4.78 is 0. The average molecular weight is 369 g/mol. The van der Waals surface area contributed by atoms with Gasteiger partial charge in [-0.05, 0) is 37.7 Å². The zero-order valence-electron chi connectivity index (χ0n) is 14.4. The first-order valence-electron chi connectivity index (χ1n) is 8.61. The summed E-state index contributed by atoms with van der Waals surface area (Å²) in [5, 5.41) is 2.17. The molecule has 0 aliphatic heterocycles. The number of hydrogen-bond acceptors (Lipinski definition) is 5. The number of aryl methyl sites for hydroxylation is 2. The van der Waals surface area contributed by atoms with Crippen LogP contribution in [-0.4, -0.2) is 21.5 Å². The number of Topliss-reactive ketones (excluding diaryl/α,β-unsaturated/α-hetero) is 1. The first-order valence-corrected chi connectivity index (χ1v) is 10.4. The summed E-state index contributed by atoms with van der Waals surface area (Å²) in [6.07, 6.45) is 3.46. The van der Waals surface area contributed by atoms with E-state index in [0.29, 0.717) is 5.75 Å². The maximum atomic E-state index is 12.4. The highest BCUT2D eigenvalue weighted by atomic mass is 32.2. The van der Waals surface area contributed by atoms with Crippen LogP contribution in [0.15, 0.2) is 35.4 Å². The zero-order valence-corrected chi connectivity index (χ0v) is 16.0. The Morgan fingerprint density at radius 2 is 2.08 bits per heavy atom. The molecule has 0 fully saturated rings. The second-order valence-electron chi connectivity index (χ2n) is 6.69. The van der Waals surface area contributed by atoms with Crippen molar-refractivity contribution in [2.45, 2.75) is 38.1 Å². The standard InChI is InChI=1S/C20H20N2OS2/c1-12-8-9-15-17(10-12)25-20-18(15)19(21-13(2)22-20)24-11-16(23)14-6-4-3-5-7-14/h3-7,12H,8-11H2,1-2H3/t12-/m1/s1. The number of ketones is 1. The molecule has 0 saturated carbocycles. The highest BCUT2D eigenvalue weighted by Crippen LogP contribution is 2.40. The molecule has 0 amide bonds. The number of carbonyl (C=O) groups is 1. The van der Waals surface area contributed by atoms with Crippen LogP contribution in [0.25, 0.3) is 10.2 Å². The van der Waals surface area contributed by atoms with Crippen molar-refractivity contribution in [1.82, 2.24) is 9.97 Å². The van der Waals surface area contributed by atoms with E-state index in [0.717, 1.165) is 40.0 Å². The smallest absolute Gasteiger partial charge is 0.173 e. The van der Waals surface area contributed by atoms with Gasteiger partial charge < -0.3 is 0 Å². The molecule has 0 radical (unpaired) electrons. The van der Waals surface area contributed by atoms with Gasteiger partial charge in [-0.25, -0.2) is 9.97 Å². The maximum Gasteiger partial charge on any atom is 0.173 e. The van der Waals surface area contributed by atoms with Gasteiger partial charge in [0.2, 0.25) is 0 Å². The molecule has 1 aliphatic rings. The number of fused-ring (bicyclic) bond motifs is 3. The van der Waals surface area contributed by atoms with Crippen molar-refractivity contribution >= 4 is 39.1 Å². The minimum Gasteiger partial charge on any atom is -0.293 e. The maximum absolute atomic E-state index is 12.4. The van der Waals surface area contributed by atoms with Crippen molar-refractivity contribution in [3.05, 3.63) is 52.2 Å². The summed E-state index contributed by atoms with van der Waals surface area (Å²) in [7, 11) is 0. The van der Waals surface area contributed by atoms with Gasteiger partial charge in [0.05, 0.1) is 5.75 Å². The first kappa shape index (κ1) is 16.7. The third-order valence-electron chi connectivity index (χ3n) is 4.67. The zero-order chi connectivity index (χ0) is 17.4. The minimum atomic E-state index is 0.146. The highest BCUT2D eigenvalue weighted by molar-refractivity contribution is 8.00. The van der Waals surface area contributed by atoms with Gasteiger partial charge in [0.15, 0.2) is 5.78 Å². The lowest BCUT2D eigenvalue weighted by Gasteiger charge is -2.18. The number of benzene rings is 1. The molecule has 25 heavy (non-hydrogen) atoms. The number of thiophene rings is 1. The number of nitrogens with zero attached hydrogens (tertiary/aromatic N) is 2. The lowest BCUT2D eigenvalue weighted by molar-refractivity contribution is 0.102. The summed E-state index contributed by atoms with van der Waals surface area (Å²) >= 11 is 3.36. The quantitative estimate of drug-likeness (QED) is 0.365. The molecule has 1 aromatic carbocycles. The van der Waals surface area contributed by atoms with Gasteiger partial charge in [0.1, 0.15) is 15.7 Å². The predicted molar refractivity (Wildman–Crippen MR) is 105 cm³/mol. The molecule has 0 unspecified atom stereocenters. The Kier molecular flexibility index (Phi) is 4.61. The average Bonchev–Trinajstić information content (AvgIpc) is 2.97. The lowest BCUT2D eigenvalue weighted by atomic mass is 9.89. The van der Waals surface area contributed by atoms with Crippen molar-refractivity contribution in [2.75, 3.05) is 5.75 Å². The normalized spacial score (nSPS) is 16.8. The Balaban J connectivity index is 1.66. The van der Waals surface area contributed by atoms with Crippen molar-refractivity contribution in [2.24, 2.45) is 5.92 Å². The molecule has 3 aromatic rings. The molecule has 0 spiro atoms. The Morgan fingerprint density at radius 3 is 2.88 bits per heavy atom. The molecule has 1 atom stereocenters. The van der Waals surface area contributed by atoms with Gasteiger partial charge in [-0.2, -0.15) is 0 Å². The Labute approximate surface area is 155 Å². The Morgan fingerprint density at radius 1 is 1.28 bits per heavy atom. The molecule has 0 N–H and O–H groups in total. The fraction of sp³-hybridized carbons (Fsp3) is 0.350. The van der Waals surface area contributed by atoms with E-state index in [9.17, 15) is 4.79 Å². The van der Waals surface area contributed by atoms with E-state index in [1.54, 1.807) is 11.8 Å². The van der Waals surface area contributed by atoms with Gasteiger partial charge in [-0.15, -0.1) is 11.3 Å². The second-order valence-corrected chi connectivity index (χ2v) is 8.73. The SMILES string of the molecule is Cc1nc(SCC(=O)c2ccccc2)c2c3c(sc2n1)C[C@H](C)CC3. The van der Waals surface area contributed by atoms with E-state index in [1.807, 2.05) is 48.6 Å². The number of hydrogen-bond donors (Lipinski definition) is 0. The van der Waals surface area contributed by atoms with Gasteiger partial charge >= 0.3 is 0 Å². The summed E-state index contributed by atoms with van der Waals surface area (Å²) in [6.45, 7) is 4.25. The van der Waals surface area contributed by atoms with Crippen LogP contribution in [0.3, 0.4) is 0 Å². The molecular formula is C20H20N2OS2. The van der Waals surface area contributed by atoms with Crippen LogP contribution in [0, 0.1) is 12.8 Å². The fourth-order valence-electron chi connectivity index (χ4n) is 3.36. The van der Waals surface area contributed by atoms with Crippen molar-refractivity contribution < 1.29 is 4.79 Å². The monoisotopic (exact) mass is 368 g/mol. The highest BCUT2D eigenvalue weighted by Gasteiger charge is 2.24. The van der Waals surface area contributed by atoms with E-state index in [1.165, 1.54) is 22.2 Å². The van der Waals surface area contributed by atoms with Crippen LogP contribution in [0.1, 0.15) is 40.0 Å². The number of carbonyl (C=O) groups excluding carboxylic acids is 1. The lowest BCUT2D eigenvalue weighted by Crippen LogP contribution is -2.09. The Bertz CT molecular complexity index is 934. The molecule has 4 rings (SSSR count). The van der Waals surface area contributed by atoms with Crippen LogP contribution in [0.5, 0.6) is 0 Å². The van der Waals surface area contributed by atoms with Gasteiger partial charge in [-0.1, -0.05) is 49.0 Å². The molecule has 2 heterocycles. The molecule has 1 aliphatic carbocycles. The van der Waals surface area contributed by atoms with Crippen LogP contribution in [0.4, 0.5) is 0 Å². The number of rotatable bonds is 4. The van der Waals surface area contributed by atoms with Crippen molar-refractivity contribution in [1.29, 1.82) is 0 Å². The molecule has 3 nitrogen and oxygen atoms in total. The third kappa shape index (κ3) is 3.35. The third-order valence-corrected chi connectivity index (χ3v) is 6.79. The van der Waals surface area contributed by atoms with Gasteiger partial charge in [0, 0.05) is 15.8 Å². The molecular weight excluding hydrogens is 348 g/mol. The summed E-state index contributed by atoms with van der Waals surface area (Å²) in [6, 6.07) is 9.48. The minimum absolute atomic E-state index is 0.146. The molecule has 2 aromatic heterocycles. The molecule has 0 saturated heterocycles. The fourth-order valence-corrected chi connectivity index (χ4v) is 5.84. The van der Waals surface area contributed by atoms with Gasteiger partial charge in [0.25, 0.3) is 0 Å². The predicted octanol–water partition coefficient (Wildman–Crippen LogP) is 5.10. The molecule has 128 valence electrons. The van der Waals surface area contributed by atoms with Crippen molar-refractivity contribution in [3.8, 4) is 0 Å². The van der Waals surface area contributed by atoms with Crippen LogP contribution < -0.4 is 0 Å². The van der Waals surface area contributed by atoms with E-state index in [-0.39, 0.29) is 5.78 Å². The number of aromatic nitrogens is 2. The van der Waals surface area contributed by atoms with Crippen LogP contribution >= 0.6 is 23.1 Å².